The molecule has 1 saturated heterocycles. The van der Waals surface area contributed by atoms with Crippen LogP contribution in [-0.4, -0.2) is 57.1 Å². The fourth-order valence-electron chi connectivity index (χ4n) is 4.07. The summed E-state index contributed by atoms with van der Waals surface area (Å²) in [6, 6.07) is 11.8. The van der Waals surface area contributed by atoms with Gasteiger partial charge in [-0.15, -0.1) is 0 Å². The number of ether oxygens (including phenoxy) is 1. The minimum atomic E-state index is -0.602. The molecular formula is C27H30ClN5O5. The minimum Gasteiger partial charge on any atom is -0.444 e. The van der Waals surface area contributed by atoms with Gasteiger partial charge in [-0.05, 0) is 56.7 Å². The number of aromatic nitrogens is 2. The third-order valence-corrected chi connectivity index (χ3v) is 6.22. The van der Waals surface area contributed by atoms with Crippen molar-refractivity contribution in [3.05, 3.63) is 75.2 Å². The zero-order valence-corrected chi connectivity index (χ0v) is 22.2. The standard InChI is InChI=1S/C27H30ClN5O5/c1-27(2,3)38-26(37)31-20-15-32(16-20)22(34)10-12-33-23-18(5-4-11-29-23)13-21(25(33)36)24(35)30-14-17-6-8-19(28)9-7-17/h4-9,11,13,20H,10,12,14-16H2,1-3H3,(H,30,35)(H,31,37). The van der Waals surface area contributed by atoms with Crippen molar-refractivity contribution in [3.63, 3.8) is 0 Å². The fraction of sp³-hybridized carbons (Fsp3) is 0.370. The molecule has 1 aliphatic heterocycles. The Labute approximate surface area is 224 Å². The van der Waals surface area contributed by atoms with Gasteiger partial charge in [0.25, 0.3) is 11.5 Å². The molecule has 2 N–H and O–H groups in total. The summed E-state index contributed by atoms with van der Waals surface area (Å²) in [7, 11) is 0. The topological polar surface area (TPSA) is 123 Å². The number of aryl methyl sites for hydroxylation is 1. The SMILES string of the molecule is CC(C)(C)OC(=O)NC1CN(C(=O)CCn2c(=O)c(C(=O)NCc3ccc(Cl)cc3)cc3cccnc32)C1. The summed E-state index contributed by atoms with van der Waals surface area (Å²) in [5.74, 6) is -0.685. The molecule has 1 aliphatic rings. The van der Waals surface area contributed by atoms with Crippen molar-refractivity contribution >= 4 is 40.5 Å². The minimum absolute atomic E-state index is 0.0301. The van der Waals surface area contributed by atoms with Crippen molar-refractivity contribution in [2.75, 3.05) is 13.1 Å². The molecule has 1 fully saturated rings. The molecule has 3 amide bonds. The first-order valence-corrected chi connectivity index (χ1v) is 12.7. The second-order valence-electron chi connectivity index (χ2n) is 10.1. The van der Waals surface area contributed by atoms with Crippen LogP contribution in [0.5, 0.6) is 0 Å². The van der Waals surface area contributed by atoms with Crippen molar-refractivity contribution < 1.29 is 19.1 Å². The van der Waals surface area contributed by atoms with E-state index in [1.54, 1.807) is 68.3 Å². The van der Waals surface area contributed by atoms with E-state index in [2.05, 4.69) is 15.6 Å². The number of hydrogen-bond donors (Lipinski definition) is 2. The molecule has 0 atom stereocenters. The number of pyridine rings is 2. The first-order chi connectivity index (χ1) is 18.0. The zero-order chi connectivity index (χ0) is 27.4. The molecule has 1 aromatic carbocycles. The number of rotatable bonds is 7. The van der Waals surface area contributed by atoms with E-state index >= 15 is 0 Å². The molecule has 3 aromatic rings. The van der Waals surface area contributed by atoms with Gasteiger partial charge in [-0.3, -0.25) is 19.0 Å². The normalized spacial score (nSPS) is 13.6. The molecule has 0 saturated carbocycles. The molecule has 0 bridgehead atoms. The van der Waals surface area contributed by atoms with Crippen LogP contribution >= 0.6 is 11.6 Å². The van der Waals surface area contributed by atoms with Crippen molar-refractivity contribution in [3.8, 4) is 0 Å². The average molecular weight is 540 g/mol. The van der Waals surface area contributed by atoms with Crippen molar-refractivity contribution in [2.24, 2.45) is 0 Å². The maximum Gasteiger partial charge on any atom is 0.407 e. The predicted molar refractivity (Wildman–Crippen MR) is 143 cm³/mol. The van der Waals surface area contributed by atoms with Gasteiger partial charge in [-0.1, -0.05) is 23.7 Å². The number of benzene rings is 1. The number of amides is 3. The number of halogens is 1. The summed E-state index contributed by atoms with van der Waals surface area (Å²) in [5.41, 5.74) is 0.0789. The number of carbonyl (C=O) groups excluding carboxylic acids is 3. The third-order valence-electron chi connectivity index (χ3n) is 5.96. The first kappa shape index (κ1) is 27.1. The maximum atomic E-state index is 13.3. The molecular weight excluding hydrogens is 510 g/mol. The molecule has 3 heterocycles. The first-order valence-electron chi connectivity index (χ1n) is 12.3. The third kappa shape index (κ3) is 6.69. The molecule has 38 heavy (non-hydrogen) atoms. The van der Waals surface area contributed by atoms with Crippen LogP contribution in [0.3, 0.4) is 0 Å². The van der Waals surface area contributed by atoms with Crippen LogP contribution in [0.4, 0.5) is 4.79 Å². The van der Waals surface area contributed by atoms with Crippen molar-refractivity contribution in [1.82, 2.24) is 25.1 Å². The Bertz CT molecular complexity index is 1410. The molecule has 0 unspecified atom stereocenters. The number of likely N-dealkylation sites (tertiary alicyclic amines) is 1. The summed E-state index contributed by atoms with van der Waals surface area (Å²) in [5, 5.41) is 6.71. The second kappa shape index (κ2) is 11.2. The van der Waals surface area contributed by atoms with E-state index in [4.69, 9.17) is 16.3 Å². The Morgan fingerprint density at radius 3 is 2.53 bits per heavy atom. The smallest absolute Gasteiger partial charge is 0.407 e. The van der Waals surface area contributed by atoms with Gasteiger partial charge in [0.1, 0.15) is 16.8 Å². The van der Waals surface area contributed by atoms with Crippen LogP contribution in [0.2, 0.25) is 5.02 Å². The predicted octanol–water partition coefficient (Wildman–Crippen LogP) is 3.11. The number of nitrogens with one attached hydrogen (secondary N) is 2. The van der Waals surface area contributed by atoms with Gasteiger partial charge in [0, 0.05) is 49.2 Å². The molecule has 200 valence electrons. The highest BCUT2D eigenvalue weighted by atomic mass is 35.5. The molecule has 4 rings (SSSR count). The molecule has 0 spiro atoms. The van der Waals surface area contributed by atoms with Gasteiger partial charge in [-0.25, -0.2) is 9.78 Å². The van der Waals surface area contributed by atoms with Crippen LogP contribution < -0.4 is 16.2 Å². The monoisotopic (exact) mass is 539 g/mol. The van der Waals surface area contributed by atoms with E-state index in [-0.39, 0.29) is 37.0 Å². The number of carbonyl (C=O) groups is 3. The number of fused-ring (bicyclic) bond motifs is 1. The average Bonchev–Trinajstić information content (AvgIpc) is 2.83. The van der Waals surface area contributed by atoms with E-state index in [9.17, 15) is 19.2 Å². The van der Waals surface area contributed by atoms with Gasteiger partial charge in [0.05, 0.1) is 6.04 Å². The van der Waals surface area contributed by atoms with E-state index in [1.807, 2.05) is 0 Å². The lowest BCUT2D eigenvalue weighted by atomic mass is 10.1. The lowest BCUT2D eigenvalue weighted by Gasteiger charge is -2.39. The van der Waals surface area contributed by atoms with E-state index < -0.39 is 23.2 Å². The Kier molecular flexibility index (Phi) is 8.01. The molecule has 10 nitrogen and oxygen atoms in total. The summed E-state index contributed by atoms with van der Waals surface area (Å²) in [6.45, 7) is 6.35. The zero-order valence-electron chi connectivity index (χ0n) is 21.5. The maximum absolute atomic E-state index is 13.3. The molecule has 11 heteroatoms. The highest BCUT2D eigenvalue weighted by molar-refractivity contribution is 6.30. The van der Waals surface area contributed by atoms with Crippen molar-refractivity contribution in [2.45, 2.75) is 51.9 Å². The van der Waals surface area contributed by atoms with Gasteiger partial charge < -0.3 is 20.3 Å². The van der Waals surface area contributed by atoms with Crippen LogP contribution in [0.1, 0.15) is 43.1 Å². The second-order valence-corrected chi connectivity index (χ2v) is 10.6. The quantitative estimate of drug-likeness (QED) is 0.475. The molecule has 0 radical (unpaired) electrons. The Morgan fingerprint density at radius 1 is 1.13 bits per heavy atom. The van der Waals surface area contributed by atoms with Gasteiger partial charge in [0.2, 0.25) is 5.91 Å². The number of hydrogen-bond acceptors (Lipinski definition) is 6. The number of nitrogens with zero attached hydrogens (tertiary/aromatic N) is 3. The van der Waals surface area contributed by atoms with E-state index in [0.717, 1.165) is 5.56 Å². The van der Waals surface area contributed by atoms with Crippen LogP contribution in [0, 0.1) is 0 Å². The largest absolute Gasteiger partial charge is 0.444 e. The van der Waals surface area contributed by atoms with Crippen LogP contribution in [-0.2, 0) is 22.6 Å². The van der Waals surface area contributed by atoms with Gasteiger partial charge >= 0.3 is 6.09 Å². The Balaban J connectivity index is 1.41. The lowest BCUT2D eigenvalue weighted by molar-refractivity contribution is -0.136. The number of alkyl carbamates (subject to hydrolysis) is 1. The lowest BCUT2D eigenvalue weighted by Crippen LogP contribution is -2.61. The van der Waals surface area contributed by atoms with Gasteiger partial charge in [-0.2, -0.15) is 0 Å². The van der Waals surface area contributed by atoms with Crippen LogP contribution in [0.15, 0.2) is 53.5 Å². The molecule has 2 aromatic heterocycles. The van der Waals surface area contributed by atoms with Crippen molar-refractivity contribution in [1.29, 1.82) is 0 Å². The van der Waals surface area contributed by atoms with Crippen LogP contribution in [0.25, 0.3) is 11.0 Å². The summed E-state index contributed by atoms with van der Waals surface area (Å²) in [6.07, 6.45) is 1.08. The Morgan fingerprint density at radius 2 is 1.84 bits per heavy atom. The highest BCUT2D eigenvalue weighted by Gasteiger charge is 2.32. The molecule has 0 aliphatic carbocycles. The summed E-state index contributed by atoms with van der Waals surface area (Å²) in [4.78, 5) is 56.8. The highest BCUT2D eigenvalue weighted by Crippen LogP contribution is 2.15. The summed E-state index contributed by atoms with van der Waals surface area (Å²) >= 11 is 5.91. The summed E-state index contributed by atoms with van der Waals surface area (Å²) < 4.78 is 6.60. The van der Waals surface area contributed by atoms with E-state index in [0.29, 0.717) is 29.1 Å². The Hall–Kier alpha value is -3.92. The van der Waals surface area contributed by atoms with Gasteiger partial charge in [0.15, 0.2) is 0 Å². The van der Waals surface area contributed by atoms with E-state index in [1.165, 1.54) is 10.6 Å². The fourth-order valence-corrected chi connectivity index (χ4v) is 4.20.